The van der Waals surface area contributed by atoms with Crippen LogP contribution in [0, 0.1) is 0 Å². The molecule has 2 amide bonds. The smallest absolute Gasteiger partial charge is 0.266 e. The van der Waals surface area contributed by atoms with Gasteiger partial charge in [-0.15, -0.1) is 0 Å². The highest BCUT2D eigenvalue weighted by Crippen LogP contribution is 2.32. The van der Waals surface area contributed by atoms with E-state index in [1.54, 1.807) is 18.2 Å². The number of thioether (sulfide) groups is 1. The van der Waals surface area contributed by atoms with Gasteiger partial charge in [-0.2, -0.15) is 0 Å². The highest BCUT2D eigenvalue weighted by Gasteiger charge is 2.33. The maximum absolute atomic E-state index is 12.5. The minimum absolute atomic E-state index is 0.108. The Bertz CT molecular complexity index is 868. The predicted octanol–water partition coefficient (Wildman–Crippen LogP) is 4.29. The summed E-state index contributed by atoms with van der Waals surface area (Å²) in [5.41, 5.74) is 1.58. The summed E-state index contributed by atoms with van der Waals surface area (Å²) in [6.07, 6.45) is 1.78. The molecule has 0 atom stereocenters. The van der Waals surface area contributed by atoms with Gasteiger partial charge in [0.2, 0.25) is 5.91 Å². The van der Waals surface area contributed by atoms with Gasteiger partial charge in [-0.3, -0.25) is 14.5 Å². The molecule has 0 spiro atoms. The van der Waals surface area contributed by atoms with E-state index in [4.69, 9.17) is 12.2 Å². The second-order valence-electron chi connectivity index (χ2n) is 5.24. The number of amides is 2. The molecule has 1 aliphatic rings. The van der Waals surface area contributed by atoms with E-state index in [2.05, 4.69) is 21.2 Å². The number of hydrogen-bond acceptors (Lipinski definition) is 4. The van der Waals surface area contributed by atoms with E-state index >= 15 is 0 Å². The minimum atomic E-state index is -0.296. The fraction of sp³-hybridized carbons (Fsp3) is 0.0556. The molecule has 1 heterocycles. The number of halogens is 1. The van der Waals surface area contributed by atoms with E-state index in [0.717, 1.165) is 10.0 Å². The van der Waals surface area contributed by atoms with Crippen molar-refractivity contribution in [1.82, 2.24) is 4.90 Å². The van der Waals surface area contributed by atoms with Crippen molar-refractivity contribution in [3.05, 3.63) is 69.5 Å². The summed E-state index contributed by atoms with van der Waals surface area (Å²) in [4.78, 5) is 26.6. The number of hydrogen-bond donors (Lipinski definition) is 1. The third-order valence-corrected chi connectivity index (χ3v) is 5.25. The molecular formula is C18H13BrN2O2S2. The first-order valence-corrected chi connectivity index (χ1v) is 9.40. The van der Waals surface area contributed by atoms with Crippen LogP contribution in [0.1, 0.15) is 5.56 Å². The van der Waals surface area contributed by atoms with Crippen LogP contribution in [0.2, 0.25) is 0 Å². The van der Waals surface area contributed by atoms with E-state index in [9.17, 15) is 9.59 Å². The number of rotatable bonds is 4. The van der Waals surface area contributed by atoms with Gasteiger partial charge in [-0.25, -0.2) is 0 Å². The van der Waals surface area contributed by atoms with Crippen molar-refractivity contribution in [1.29, 1.82) is 0 Å². The van der Waals surface area contributed by atoms with Gasteiger partial charge in [0.1, 0.15) is 10.9 Å². The van der Waals surface area contributed by atoms with Gasteiger partial charge >= 0.3 is 0 Å². The Balaban J connectivity index is 1.68. The molecule has 1 N–H and O–H groups in total. The Kier molecular flexibility index (Phi) is 5.67. The first kappa shape index (κ1) is 17.8. The maximum atomic E-state index is 12.5. The van der Waals surface area contributed by atoms with Gasteiger partial charge < -0.3 is 5.32 Å². The van der Waals surface area contributed by atoms with Crippen LogP contribution in [0.4, 0.5) is 5.69 Å². The number of nitrogens with one attached hydrogen (secondary N) is 1. The zero-order valence-electron chi connectivity index (χ0n) is 12.9. The SMILES string of the molecule is O=C(CN1C(=O)C(=Cc2ccccc2)SC1=S)Nc1cccc(Br)c1. The van der Waals surface area contributed by atoms with Gasteiger partial charge in [0.05, 0.1) is 4.91 Å². The average Bonchev–Trinajstić information content (AvgIpc) is 2.83. The first-order chi connectivity index (χ1) is 12.0. The van der Waals surface area contributed by atoms with Crippen molar-refractivity contribution >= 4 is 67.8 Å². The van der Waals surface area contributed by atoms with Gasteiger partial charge in [-0.1, -0.05) is 76.3 Å². The molecule has 25 heavy (non-hydrogen) atoms. The standard InChI is InChI=1S/C18H13BrN2O2S2/c19-13-7-4-8-14(10-13)20-16(22)11-21-17(23)15(25-18(21)24)9-12-5-2-1-3-6-12/h1-10H,11H2,(H,20,22). The fourth-order valence-corrected chi connectivity index (χ4v) is 3.90. The average molecular weight is 433 g/mol. The molecule has 0 unspecified atom stereocenters. The lowest BCUT2D eigenvalue weighted by atomic mass is 10.2. The Morgan fingerprint density at radius 3 is 2.68 bits per heavy atom. The summed E-state index contributed by atoms with van der Waals surface area (Å²) in [6.45, 7) is -0.108. The van der Waals surface area contributed by atoms with Crippen LogP contribution in [-0.4, -0.2) is 27.6 Å². The number of carbonyl (C=O) groups excluding carboxylic acids is 2. The van der Waals surface area contributed by atoms with E-state index < -0.39 is 0 Å². The molecule has 1 fully saturated rings. The predicted molar refractivity (Wildman–Crippen MR) is 109 cm³/mol. The van der Waals surface area contributed by atoms with Crippen LogP contribution in [0.3, 0.4) is 0 Å². The molecule has 0 aromatic heterocycles. The monoisotopic (exact) mass is 432 g/mol. The normalized spacial score (nSPS) is 15.7. The Hall–Kier alpha value is -1.96. The first-order valence-electron chi connectivity index (χ1n) is 7.39. The summed E-state index contributed by atoms with van der Waals surface area (Å²) in [7, 11) is 0. The second kappa shape index (κ2) is 7.95. The largest absolute Gasteiger partial charge is 0.324 e. The van der Waals surface area contributed by atoms with Crippen molar-refractivity contribution in [3.8, 4) is 0 Å². The molecule has 1 saturated heterocycles. The van der Waals surface area contributed by atoms with Crippen molar-refractivity contribution in [2.45, 2.75) is 0 Å². The van der Waals surface area contributed by atoms with Crippen molar-refractivity contribution in [2.75, 3.05) is 11.9 Å². The topological polar surface area (TPSA) is 49.4 Å². The number of nitrogens with zero attached hydrogens (tertiary/aromatic N) is 1. The zero-order valence-corrected chi connectivity index (χ0v) is 16.2. The van der Waals surface area contributed by atoms with E-state index in [1.165, 1.54) is 16.7 Å². The quantitative estimate of drug-likeness (QED) is 0.578. The second-order valence-corrected chi connectivity index (χ2v) is 7.83. The van der Waals surface area contributed by atoms with E-state index in [1.807, 2.05) is 42.5 Å². The maximum Gasteiger partial charge on any atom is 0.266 e. The highest BCUT2D eigenvalue weighted by atomic mass is 79.9. The van der Waals surface area contributed by atoms with Crippen molar-refractivity contribution < 1.29 is 9.59 Å². The number of anilines is 1. The number of thiocarbonyl (C=S) groups is 1. The number of carbonyl (C=O) groups is 2. The van der Waals surface area contributed by atoms with Crippen molar-refractivity contribution in [3.63, 3.8) is 0 Å². The summed E-state index contributed by atoms with van der Waals surface area (Å²) in [5.74, 6) is -0.543. The lowest BCUT2D eigenvalue weighted by Gasteiger charge is -2.14. The van der Waals surface area contributed by atoms with Crippen LogP contribution >= 0.6 is 39.9 Å². The minimum Gasteiger partial charge on any atom is -0.324 e. The lowest BCUT2D eigenvalue weighted by Crippen LogP contribution is -2.36. The van der Waals surface area contributed by atoms with E-state index in [-0.39, 0.29) is 18.4 Å². The zero-order chi connectivity index (χ0) is 17.8. The van der Waals surface area contributed by atoms with Crippen LogP contribution < -0.4 is 5.32 Å². The molecule has 3 rings (SSSR count). The van der Waals surface area contributed by atoms with Gasteiger partial charge in [0.25, 0.3) is 5.91 Å². The Labute approximate surface area is 163 Å². The highest BCUT2D eigenvalue weighted by molar-refractivity contribution is 9.10. The van der Waals surface area contributed by atoms with Gasteiger partial charge in [0.15, 0.2) is 0 Å². The summed E-state index contributed by atoms with van der Waals surface area (Å²) in [6, 6.07) is 16.8. The molecule has 0 aliphatic carbocycles. The molecule has 126 valence electrons. The molecule has 7 heteroatoms. The molecular weight excluding hydrogens is 420 g/mol. The van der Waals surface area contributed by atoms with Crippen LogP contribution in [0.25, 0.3) is 6.08 Å². The summed E-state index contributed by atoms with van der Waals surface area (Å²) < 4.78 is 1.25. The third kappa shape index (κ3) is 4.56. The van der Waals surface area contributed by atoms with Crippen LogP contribution in [0.5, 0.6) is 0 Å². The number of benzene rings is 2. The van der Waals surface area contributed by atoms with Crippen LogP contribution in [-0.2, 0) is 9.59 Å². The van der Waals surface area contributed by atoms with Gasteiger partial charge in [0, 0.05) is 10.2 Å². The van der Waals surface area contributed by atoms with Gasteiger partial charge in [-0.05, 0) is 29.8 Å². The molecule has 0 radical (unpaired) electrons. The van der Waals surface area contributed by atoms with Crippen molar-refractivity contribution in [2.24, 2.45) is 0 Å². The Morgan fingerprint density at radius 1 is 1.20 bits per heavy atom. The van der Waals surface area contributed by atoms with Crippen LogP contribution in [0.15, 0.2) is 64.0 Å². The third-order valence-electron chi connectivity index (χ3n) is 3.38. The van der Waals surface area contributed by atoms with E-state index in [0.29, 0.717) is 14.9 Å². The molecule has 0 saturated carbocycles. The molecule has 0 bridgehead atoms. The lowest BCUT2D eigenvalue weighted by molar-refractivity contribution is -0.126. The fourth-order valence-electron chi connectivity index (χ4n) is 2.25. The Morgan fingerprint density at radius 2 is 1.96 bits per heavy atom. The summed E-state index contributed by atoms with van der Waals surface area (Å²) >= 11 is 9.81. The molecule has 4 nitrogen and oxygen atoms in total. The molecule has 1 aliphatic heterocycles. The molecule has 2 aromatic carbocycles. The summed E-state index contributed by atoms with van der Waals surface area (Å²) in [5, 5.41) is 2.76. The molecule has 2 aromatic rings.